The summed E-state index contributed by atoms with van der Waals surface area (Å²) in [4.78, 5) is 14.4. The smallest absolute Gasteiger partial charge is 0.225 e. The molecule has 0 aromatic rings. The maximum absolute atomic E-state index is 12.9. The Balaban J connectivity index is 1.64. The number of rotatable bonds is 4. The van der Waals surface area contributed by atoms with Crippen molar-refractivity contribution in [3.05, 3.63) is 0 Å². The summed E-state index contributed by atoms with van der Waals surface area (Å²) in [5.74, 6) is 0.328. The van der Waals surface area contributed by atoms with Crippen LogP contribution < -0.4 is 5.32 Å². The Kier molecular flexibility index (Phi) is 5.28. The lowest BCUT2D eigenvalue weighted by Gasteiger charge is -2.35. The van der Waals surface area contributed by atoms with Crippen molar-refractivity contribution in [2.24, 2.45) is 5.92 Å². The number of carbonyl (C=O) groups is 1. The SMILES string of the molecule is CNC1CCN(S(=O)(=O)C2CCCN(C(=O)C3CCCC3)C2)C1. The van der Waals surface area contributed by atoms with Crippen molar-refractivity contribution in [2.75, 3.05) is 33.2 Å². The molecular formula is C16H29N3O3S. The molecule has 1 saturated carbocycles. The second-order valence-electron chi connectivity index (χ2n) is 7.21. The maximum atomic E-state index is 12.9. The molecule has 2 unspecified atom stereocenters. The number of amides is 1. The molecule has 2 saturated heterocycles. The molecule has 3 aliphatic rings. The Morgan fingerprint density at radius 2 is 1.74 bits per heavy atom. The molecule has 1 N–H and O–H groups in total. The van der Waals surface area contributed by atoms with E-state index >= 15 is 0 Å². The molecule has 0 aromatic carbocycles. The molecule has 0 radical (unpaired) electrons. The van der Waals surface area contributed by atoms with Gasteiger partial charge >= 0.3 is 0 Å². The minimum atomic E-state index is -3.30. The summed E-state index contributed by atoms with van der Waals surface area (Å²) in [5.41, 5.74) is 0. The lowest BCUT2D eigenvalue weighted by atomic mass is 10.0. The summed E-state index contributed by atoms with van der Waals surface area (Å²) in [6, 6.07) is 0.254. The minimum Gasteiger partial charge on any atom is -0.341 e. The van der Waals surface area contributed by atoms with Gasteiger partial charge in [0, 0.05) is 38.1 Å². The Morgan fingerprint density at radius 3 is 2.39 bits per heavy atom. The van der Waals surface area contributed by atoms with Crippen molar-refractivity contribution in [1.29, 1.82) is 0 Å². The van der Waals surface area contributed by atoms with Crippen LogP contribution in [0.25, 0.3) is 0 Å². The van der Waals surface area contributed by atoms with Gasteiger partial charge in [-0.05, 0) is 39.2 Å². The van der Waals surface area contributed by atoms with Crippen LogP contribution in [0.1, 0.15) is 44.9 Å². The molecule has 1 amide bonds. The number of piperidine rings is 1. The zero-order valence-electron chi connectivity index (χ0n) is 14.0. The molecule has 2 atom stereocenters. The minimum absolute atomic E-state index is 0.136. The van der Waals surface area contributed by atoms with Crippen molar-refractivity contribution in [3.63, 3.8) is 0 Å². The Bertz CT molecular complexity index is 531. The zero-order valence-corrected chi connectivity index (χ0v) is 14.9. The number of carbonyl (C=O) groups excluding carboxylic acids is 1. The maximum Gasteiger partial charge on any atom is 0.225 e. The highest BCUT2D eigenvalue weighted by Gasteiger charge is 2.40. The van der Waals surface area contributed by atoms with Crippen LogP contribution in [0.5, 0.6) is 0 Å². The first-order valence-corrected chi connectivity index (χ1v) is 10.5. The first kappa shape index (κ1) is 17.2. The van der Waals surface area contributed by atoms with Crippen LogP contribution in [0.3, 0.4) is 0 Å². The number of hydrogen-bond donors (Lipinski definition) is 1. The Morgan fingerprint density at radius 1 is 1.00 bits per heavy atom. The Labute approximate surface area is 139 Å². The zero-order chi connectivity index (χ0) is 16.4. The van der Waals surface area contributed by atoms with E-state index in [9.17, 15) is 13.2 Å². The van der Waals surface area contributed by atoms with E-state index in [1.165, 1.54) is 0 Å². The van der Waals surface area contributed by atoms with Crippen molar-refractivity contribution < 1.29 is 13.2 Å². The van der Waals surface area contributed by atoms with Gasteiger partial charge in [0.2, 0.25) is 15.9 Å². The summed E-state index contributed by atoms with van der Waals surface area (Å²) >= 11 is 0. The van der Waals surface area contributed by atoms with Gasteiger partial charge < -0.3 is 10.2 Å². The first-order chi connectivity index (χ1) is 11.0. The lowest BCUT2D eigenvalue weighted by molar-refractivity contribution is -0.136. The fourth-order valence-corrected chi connectivity index (χ4v) is 6.22. The molecule has 0 spiro atoms. The van der Waals surface area contributed by atoms with E-state index in [1.807, 2.05) is 11.9 Å². The van der Waals surface area contributed by atoms with Gasteiger partial charge in [0.25, 0.3) is 0 Å². The van der Waals surface area contributed by atoms with Gasteiger partial charge in [0.1, 0.15) is 0 Å². The molecular weight excluding hydrogens is 314 g/mol. The van der Waals surface area contributed by atoms with Crippen LogP contribution in [-0.4, -0.2) is 68.0 Å². The van der Waals surface area contributed by atoms with Gasteiger partial charge in [-0.3, -0.25) is 4.79 Å². The first-order valence-electron chi connectivity index (χ1n) is 8.97. The highest BCUT2D eigenvalue weighted by molar-refractivity contribution is 7.89. The number of hydrogen-bond acceptors (Lipinski definition) is 4. The highest BCUT2D eigenvalue weighted by Crippen LogP contribution is 2.29. The van der Waals surface area contributed by atoms with Crippen molar-refractivity contribution in [3.8, 4) is 0 Å². The summed E-state index contributed by atoms with van der Waals surface area (Å²) in [7, 11) is -1.42. The molecule has 2 aliphatic heterocycles. The average Bonchev–Trinajstić information content (AvgIpc) is 3.25. The monoisotopic (exact) mass is 343 g/mol. The fourth-order valence-electron chi connectivity index (χ4n) is 4.22. The third kappa shape index (κ3) is 3.56. The Hall–Kier alpha value is -0.660. The van der Waals surface area contributed by atoms with Gasteiger partial charge in [0.05, 0.1) is 5.25 Å². The van der Waals surface area contributed by atoms with Gasteiger partial charge in [0.15, 0.2) is 0 Å². The van der Waals surface area contributed by atoms with E-state index in [2.05, 4.69) is 5.32 Å². The molecule has 6 nitrogen and oxygen atoms in total. The van der Waals surface area contributed by atoms with Gasteiger partial charge in [-0.2, -0.15) is 0 Å². The van der Waals surface area contributed by atoms with Crippen molar-refractivity contribution in [1.82, 2.24) is 14.5 Å². The molecule has 2 heterocycles. The van der Waals surface area contributed by atoms with Gasteiger partial charge in [-0.15, -0.1) is 0 Å². The molecule has 23 heavy (non-hydrogen) atoms. The molecule has 3 rings (SSSR count). The number of nitrogens with zero attached hydrogens (tertiary/aromatic N) is 2. The van der Waals surface area contributed by atoms with E-state index in [4.69, 9.17) is 0 Å². The van der Waals surface area contributed by atoms with E-state index in [1.54, 1.807) is 4.31 Å². The van der Waals surface area contributed by atoms with Crippen LogP contribution in [0.15, 0.2) is 0 Å². The third-order valence-corrected chi connectivity index (χ3v) is 8.01. The third-order valence-electron chi connectivity index (χ3n) is 5.73. The van der Waals surface area contributed by atoms with E-state index in [-0.39, 0.29) is 17.9 Å². The second kappa shape index (κ2) is 7.07. The topological polar surface area (TPSA) is 69.7 Å². The standard InChI is InChI=1S/C16H29N3O3S/c1-17-14-8-10-19(11-14)23(21,22)15-7-4-9-18(12-15)16(20)13-5-2-3-6-13/h13-15,17H,2-12H2,1H3. The lowest BCUT2D eigenvalue weighted by Crippen LogP contribution is -2.50. The number of nitrogens with one attached hydrogen (secondary N) is 1. The van der Waals surface area contributed by atoms with Crippen molar-refractivity contribution >= 4 is 15.9 Å². The van der Waals surface area contributed by atoms with Crippen LogP contribution in [0.4, 0.5) is 0 Å². The van der Waals surface area contributed by atoms with E-state index in [0.29, 0.717) is 26.1 Å². The van der Waals surface area contributed by atoms with Crippen LogP contribution in [-0.2, 0) is 14.8 Å². The summed E-state index contributed by atoms with van der Waals surface area (Å²) in [6.07, 6.45) is 6.55. The van der Waals surface area contributed by atoms with Crippen LogP contribution in [0, 0.1) is 5.92 Å². The molecule has 0 bridgehead atoms. The van der Waals surface area contributed by atoms with Crippen LogP contribution in [0.2, 0.25) is 0 Å². The number of likely N-dealkylation sites (N-methyl/N-ethyl adjacent to an activating group) is 1. The second-order valence-corrected chi connectivity index (χ2v) is 9.42. The van der Waals surface area contributed by atoms with Crippen molar-refractivity contribution in [2.45, 2.75) is 56.2 Å². The van der Waals surface area contributed by atoms with Gasteiger partial charge in [-0.1, -0.05) is 12.8 Å². The van der Waals surface area contributed by atoms with E-state index in [0.717, 1.165) is 45.1 Å². The van der Waals surface area contributed by atoms with Gasteiger partial charge in [-0.25, -0.2) is 12.7 Å². The molecule has 1 aliphatic carbocycles. The van der Waals surface area contributed by atoms with E-state index < -0.39 is 15.3 Å². The molecule has 0 aromatic heterocycles. The fraction of sp³-hybridized carbons (Fsp3) is 0.938. The van der Waals surface area contributed by atoms with Crippen LogP contribution >= 0.6 is 0 Å². The summed E-state index contributed by atoms with van der Waals surface area (Å²) in [5, 5.41) is 2.74. The average molecular weight is 343 g/mol. The molecule has 3 fully saturated rings. The normalized spacial score (nSPS) is 30.9. The predicted molar refractivity (Wildman–Crippen MR) is 89.5 cm³/mol. The number of likely N-dealkylation sites (tertiary alicyclic amines) is 1. The largest absolute Gasteiger partial charge is 0.341 e. The quantitative estimate of drug-likeness (QED) is 0.819. The molecule has 132 valence electrons. The summed E-state index contributed by atoms with van der Waals surface area (Å²) in [6.45, 7) is 2.27. The number of sulfonamides is 1. The summed E-state index contributed by atoms with van der Waals surface area (Å²) < 4.78 is 27.4. The highest BCUT2D eigenvalue weighted by atomic mass is 32.2. The molecule has 7 heteroatoms. The predicted octanol–water partition coefficient (Wildman–Crippen LogP) is 0.791.